The van der Waals surface area contributed by atoms with Crippen molar-refractivity contribution in [3.63, 3.8) is 0 Å². The van der Waals surface area contributed by atoms with Gasteiger partial charge in [-0.05, 0) is 97.4 Å². The van der Waals surface area contributed by atoms with Crippen molar-refractivity contribution in [3.8, 4) is 33.5 Å². The Balaban J connectivity index is 1.11. The summed E-state index contributed by atoms with van der Waals surface area (Å²) in [5.41, 5.74) is 13.1. The molecule has 0 unspecified atom stereocenters. The van der Waals surface area contributed by atoms with Crippen LogP contribution in [0, 0.1) is 0 Å². The molecule has 1 aromatic heterocycles. The Labute approximate surface area is 281 Å². The molecule has 0 amide bonds. The van der Waals surface area contributed by atoms with Crippen LogP contribution in [0.2, 0.25) is 0 Å². The number of hydrogen-bond donors (Lipinski definition) is 0. The van der Waals surface area contributed by atoms with E-state index in [-0.39, 0.29) is 5.41 Å². The highest BCUT2D eigenvalue weighted by molar-refractivity contribution is 6.02. The van der Waals surface area contributed by atoms with Crippen molar-refractivity contribution >= 4 is 38.6 Å². The van der Waals surface area contributed by atoms with Crippen LogP contribution in [-0.2, 0) is 5.41 Å². The molecular weight excluding hydrogens is 581 g/mol. The van der Waals surface area contributed by atoms with Crippen LogP contribution in [0.3, 0.4) is 0 Å². The summed E-state index contributed by atoms with van der Waals surface area (Å²) < 4.78 is 0. The van der Waals surface area contributed by atoms with E-state index in [9.17, 15) is 0 Å². The Morgan fingerprint density at radius 1 is 0.458 bits per heavy atom. The molecule has 0 saturated heterocycles. The summed E-state index contributed by atoms with van der Waals surface area (Å²) in [6.07, 6.45) is 2.01. The first kappa shape index (κ1) is 28.3. The van der Waals surface area contributed by atoms with E-state index in [2.05, 4.69) is 183 Å². The third-order valence-corrected chi connectivity index (χ3v) is 10.1. The predicted octanol–water partition coefficient (Wildman–Crippen LogP) is 12.5. The largest absolute Gasteiger partial charge is 0.309 e. The molecule has 1 aliphatic rings. The van der Waals surface area contributed by atoms with Gasteiger partial charge < -0.3 is 4.90 Å². The molecule has 48 heavy (non-hydrogen) atoms. The molecule has 9 rings (SSSR count). The average Bonchev–Trinajstić information content (AvgIpc) is 3.38. The summed E-state index contributed by atoms with van der Waals surface area (Å²) >= 11 is 0. The van der Waals surface area contributed by atoms with Gasteiger partial charge in [0.05, 0.1) is 17.6 Å². The lowest BCUT2D eigenvalue weighted by atomic mass is 9.81. The van der Waals surface area contributed by atoms with Crippen LogP contribution in [0.5, 0.6) is 0 Å². The Morgan fingerprint density at radius 2 is 1.10 bits per heavy atom. The highest BCUT2D eigenvalue weighted by atomic mass is 15.1. The summed E-state index contributed by atoms with van der Waals surface area (Å²) in [6.45, 7) is 4.69. The van der Waals surface area contributed by atoms with Gasteiger partial charge in [-0.15, -0.1) is 0 Å². The topological polar surface area (TPSA) is 16.1 Å². The molecule has 0 aliphatic heterocycles. The summed E-state index contributed by atoms with van der Waals surface area (Å²) in [5, 5.41) is 5.04. The fraction of sp³-hybridized carbons (Fsp3) is 0.0652. The average molecular weight is 615 g/mol. The van der Waals surface area contributed by atoms with E-state index in [1.807, 2.05) is 6.20 Å². The minimum absolute atomic E-state index is 0.0938. The van der Waals surface area contributed by atoms with Crippen LogP contribution in [0.4, 0.5) is 17.1 Å². The number of pyridine rings is 1. The molecule has 0 fully saturated rings. The molecule has 228 valence electrons. The van der Waals surface area contributed by atoms with E-state index in [1.54, 1.807) is 0 Å². The maximum Gasteiger partial charge on any atom is 0.0703 e. The van der Waals surface area contributed by atoms with Crippen LogP contribution >= 0.6 is 0 Å². The van der Waals surface area contributed by atoms with Gasteiger partial charge in [-0.3, -0.25) is 4.98 Å². The molecule has 0 saturated carbocycles. The normalized spacial score (nSPS) is 13.0. The lowest BCUT2D eigenvalue weighted by Crippen LogP contribution is -2.15. The molecule has 2 heteroatoms. The summed E-state index contributed by atoms with van der Waals surface area (Å²) in [5.74, 6) is 0. The molecule has 7 aromatic carbocycles. The van der Waals surface area contributed by atoms with Gasteiger partial charge in [-0.2, -0.15) is 0 Å². The molecule has 0 atom stereocenters. The van der Waals surface area contributed by atoms with E-state index in [0.29, 0.717) is 0 Å². The van der Waals surface area contributed by atoms with Crippen LogP contribution in [0.1, 0.15) is 25.0 Å². The van der Waals surface area contributed by atoms with Gasteiger partial charge in [0.15, 0.2) is 0 Å². The van der Waals surface area contributed by atoms with Crippen molar-refractivity contribution < 1.29 is 0 Å². The molecule has 1 aliphatic carbocycles. The highest BCUT2D eigenvalue weighted by Crippen LogP contribution is 2.52. The second-order valence-electron chi connectivity index (χ2n) is 13.3. The first-order valence-electron chi connectivity index (χ1n) is 16.6. The van der Waals surface area contributed by atoms with Gasteiger partial charge in [0.2, 0.25) is 0 Å². The molecule has 0 bridgehead atoms. The molecule has 2 nitrogen and oxygen atoms in total. The van der Waals surface area contributed by atoms with Gasteiger partial charge in [0.25, 0.3) is 0 Å². The summed E-state index contributed by atoms with van der Waals surface area (Å²) in [4.78, 5) is 7.38. The number of benzene rings is 7. The van der Waals surface area contributed by atoms with Gasteiger partial charge >= 0.3 is 0 Å². The Morgan fingerprint density at radius 3 is 1.90 bits per heavy atom. The van der Waals surface area contributed by atoms with Gasteiger partial charge in [0, 0.05) is 22.4 Å². The standard InChI is InChI=1S/C46H34N2/c1-46(2)42-26-20-34-13-8-9-15-40(34)45(42)41-25-19-36(29-43(41)46)44-27-24-39(30-47-44)48(38-23-18-32-12-6-7-14-35(32)28-38)37-21-16-33(17-22-37)31-10-4-3-5-11-31/h3-30H,1-2H3. The van der Waals surface area contributed by atoms with E-state index < -0.39 is 0 Å². The van der Waals surface area contributed by atoms with Crippen molar-refractivity contribution in [1.82, 2.24) is 4.98 Å². The SMILES string of the molecule is CC1(C)c2cc(-c3ccc(N(c4ccc(-c5ccccc5)cc4)c4ccc5ccccc5c4)cn3)ccc2-c2c1ccc1ccccc21. The first-order valence-corrected chi connectivity index (χ1v) is 16.6. The zero-order valence-corrected chi connectivity index (χ0v) is 27.1. The zero-order valence-electron chi connectivity index (χ0n) is 27.1. The zero-order chi connectivity index (χ0) is 32.2. The highest BCUT2D eigenvalue weighted by Gasteiger charge is 2.36. The molecule has 0 radical (unpaired) electrons. The predicted molar refractivity (Wildman–Crippen MR) is 202 cm³/mol. The number of rotatable bonds is 5. The quantitative estimate of drug-likeness (QED) is 0.192. The first-order chi connectivity index (χ1) is 23.5. The Hall–Kier alpha value is -5.99. The van der Waals surface area contributed by atoms with Gasteiger partial charge in [0.1, 0.15) is 0 Å². The van der Waals surface area contributed by atoms with Crippen molar-refractivity contribution in [2.24, 2.45) is 0 Å². The fourth-order valence-electron chi connectivity index (χ4n) is 7.55. The third-order valence-electron chi connectivity index (χ3n) is 10.1. The smallest absolute Gasteiger partial charge is 0.0703 e. The second-order valence-corrected chi connectivity index (χ2v) is 13.3. The fourth-order valence-corrected chi connectivity index (χ4v) is 7.55. The van der Waals surface area contributed by atoms with Crippen molar-refractivity contribution in [1.29, 1.82) is 0 Å². The summed E-state index contributed by atoms with van der Waals surface area (Å²) in [7, 11) is 0. The number of hydrogen-bond acceptors (Lipinski definition) is 2. The monoisotopic (exact) mass is 614 g/mol. The maximum atomic E-state index is 5.08. The Kier molecular flexibility index (Phi) is 6.51. The number of aromatic nitrogens is 1. The van der Waals surface area contributed by atoms with E-state index in [1.165, 1.54) is 54.9 Å². The minimum Gasteiger partial charge on any atom is -0.309 e. The van der Waals surface area contributed by atoms with E-state index in [0.717, 1.165) is 28.3 Å². The van der Waals surface area contributed by atoms with Crippen LogP contribution in [0.25, 0.3) is 55.1 Å². The number of fused-ring (bicyclic) bond motifs is 6. The maximum absolute atomic E-state index is 5.08. The third kappa shape index (κ3) is 4.60. The van der Waals surface area contributed by atoms with Crippen molar-refractivity contribution in [2.75, 3.05) is 4.90 Å². The molecule has 0 N–H and O–H groups in total. The molecular formula is C46H34N2. The van der Waals surface area contributed by atoms with Crippen LogP contribution in [0.15, 0.2) is 170 Å². The molecule has 8 aromatic rings. The van der Waals surface area contributed by atoms with E-state index in [4.69, 9.17) is 4.98 Å². The Bertz CT molecular complexity index is 2460. The number of nitrogens with zero attached hydrogens (tertiary/aromatic N) is 2. The van der Waals surface area contributed by atoms with Crippen molar-refractivity contribution in [2.45, 2.75) is 19.3 Å². The minimum atomic E-state index is -0.0938. The molecule has 0 spiro atoms. The van der Waals surface area contributed by atoms with E-state index >= 15 is 0 Å². The van der Waals surface area contributed by atoms with Gasteiger partial charge in [-0.1, -0.05) is 135 Å². The number of anilines is 3. The molecule has 1 heterocycles. The lowest BCUT2D eigenvalue weighted by Gasteiger charge is -2.26. The van der Waals surface area contributed by atoms with Crippen LogP contribution < -0.4 is 4.90 Å². The summed E-state index contributed by atoms with van der Waals surface area (Å²) in [6, 6.07) is 59.1. The van der Waals surface area contributed by atoms with Gasteiger partial charge in [-0.25, -0.2) is 0 Å². The van der Waals surface area contributed by atoms with Crippen molar-refractivity contribution in [3.05, 3.63) is 181 Å². The second kappa shape index (κ2) is 11.1. The lowest BCUT2D eigenvalue weighted by molar-refractivity contribution is 0.661. The van der Waals surface area contributed by atoms with Crippen LogP contribution in [-0.4, -0.2) is 4.98 Å².